The number of methoxy groups -OCH3 is 1. The van der Waals surface area contributed by atoms with Gasteiger partial charge in [0.05, 0.1) is 0 Å². The van der Waals surface area contributed by atoms with Gasteiger partial charge >= 0.3 is 0 Å². The summed E-state index contributed by atoms with van der Waals surface area (Å²) in [6, 6.07) is 7.60. The van der Waals surface area contributed by atoms with Crippen LogP contribution in [0.25, 0.3) is 0 Å². The smallest absolute Gasteiger partial charge is 0.0470 e. The highest BCUT2D eigenvalue weighted by atomic mass is 32.2. The second kappa shape index (κ2) is 7.17. The van der Waals surface area contributed by atoms with Crippen molar-refractivity contribution in [1.29, 1.82) is 0 Å². The lowest BCUT2D eigenvalue weighted by Gasteiger charge is -2.09. The maximum absolute atomic E-state index is 5.06. The summed E-state index contributed by atoms with van der Waals surface area (Å²) in [5.74, 6) is 1.13. The van der Waals surface area contributed by atoms with Crippen LogP contribution in [0.3, 0.4) is 0 Å². The monoisotopic (exact) mass is 265 g/mol. The first-order valence-corrected chi connectivity index (χ1v) is 7.73. The molecule has 3 heteroatoms. The molecule has 18 heavy (non-hydrogen) atoms. The largest absolute Gasteiger partial charge is 0.385 e. The Kier molecular flexibility index (Phi) is 5.54. The Bertz CT molecular complexity index is 377. The van der Waals surface area contributed by atoms with E-state index in [-0.39, 0.29) is 0 Å². The fraction of sp³-hybridized carbons (Fsp3) is 0.600. The van der Waals surface area contributed by atoms with Crippen molar-refractivity contribution >= 4 is 11.8 Å². The Morgan fingerprint density at radius 2 is 2.22 bits per heavy atom. The van der Waals surface area contributed by atoms with Gasteiger partial charge in [-0.2, -0.15) is 0 Å². The second-order valence-electron chi connectivity index (χ2n) is 4.94. The molecule has 0 atom stereocenters. The van der Waals surface area contributed by atoms with Crippen LogP contribution in [0.15, 0.2) is 23.1 Å². The molecule has 1 aliphatic carbocycles. The Morgan fingerprint density at radius 3 is 2.89 bits per heavy atom. The molecule has 0 spiro atoms. The van der Waals surface area contributed by atoms with Gasteiger partial charge in [-0.15, -0.1) is 11.8 Å². The van der Waals surface area contributed by atoms with E-state index in [2.05, 4.69) is 30.4 Å². The van der Waals surface area contributed by atoms with Crippen LogP contribution in [0, 0.1) is 6.92 Å². The van der Waals surface area contributed by atoms with E-state index in [4.69, 9.17) is 4.74 Å². The first-order valence-electron chi connectivity index (χ1n) is 6.74. The van der Waals surface area contributed by atoms with Gasteiger partial charge in [0.1, 0.15) is 0 Å². The average Bonchev–Trinajstić information content (AvgIpc) is 3.18. The molecule has 1 aromatic carbocycles. The van der Waals surface area contributed by atoms with E-state index in [1.807, 2.05) is 11.8 Å². The Balaban J connectivity index is 1.79. The molecule has 100 valence electrons. The lowest BCUT2D eigenvalue weighted by molar-refractivity contribution is 0.200. The maximum atomic E-state index is 5.06. The molecule has 0 heterocycles. The average molecular weight is 265 g/mol. The van der Waals surface area contributed by atoms with Crippen LogP contribution in [0.5, 0.6) is 0 Å². The van der Waals surface area contributed by atoms with Gasteiger partial charge in [-0.05, 0) is 49.4 Å². The summed E-state index contributed by atoms with van der Waals surface area (Å²) in [4.78, 5) is 1.37. The second-order valence-corrected chi connectivity index (χ2v) is 6.11. The van der Waals surface area contributed by atoms with E-state index < -0.39 is 0 Å². The minimum absolute atomic E-state index is 0.785. The van der Waals surface area contributed by atoms with Crippen molar-refractivity contribution in [3.63, 3.8) is 0 Å². The molecule has 1 fully saturated rings. The molecule has 0 saturated heterocycles. The summed E-state index contributed by atoms with van der Waals surface area (Å²) in [5.41, 5.74) is 2.84. The van der Waals surface area contributed by atoms with Crippen LogP contribution in [-0.2, 0) is 11.3 Å². The molecule has 0 radical (unpaired) electrons. The first-order chi connectivity index (χ1) is 8.79. The quantitative estimate of drug-likeness (QED) is 0.575. The van der Waals surface area contributed by atoms with Crippen molar-refractivity contribution in [3.8, 4) is 0 Å². The van der Waals surface area contributed by atoms with Crippen molar-refractivity contribution in [1.82, 2.24) is 5.32 Å². The molecule has 1 N–H and O–H groups in total. The van der Waals surface area contributed by atoms with Gasteiger partial charge in [-0.3, -0.25) is 0 Å². The SMILES string of the molecule is COCCCSc1ccc(CNC2CC2)c(C)c1. The van der Waals surface area contributed by atoms with Crippen LogP contribution in [-0.4, -0.2) is 25.5 Å². The highest BCUT2D eigenvalue weighted by molar-refractivity contribution is 7.99. The number of benzene rings is 1. The van der Waals surface area contributed by atoms with E-state index in [0.717, 1.165) is 31.4 Å². The molecule has 1 aromatic rings. The number of ether oxygens (including phenoxy) is 1. The summed E-state index contributed by atoms with van der Waals surface area (Å²) in [6.07, 6.45) is 3.82. The minimum Gasteiger partial charge on any atom is -0.385 e. The fourth-order valence-corrected chi connectivity index (χ4v) is 2.81. The van der Waals surface area contributed by atoms with Gasteiger partial charge in [0.15, 0.2) is 0 Å². The predicted molar refractivity (Wildman–Crippen MR) is 78.3 cm³/mol. The number of hydrogen-bond donors (Lipinski definition) is 1. The van der Waals surface area contributed by atoms with Gasteiger partial charge in [0.2, 0.25) is 0 Å². The highest BCUT2D eigenvalue weighted by Gasteiger charge is 2.20. The van der Waals surface area contributed by atoms with Crippen LogP contribution in [0.1, 0.15) is 30.4 Å². The third kappa shape index (κ3) is 4.63. The molecule has 2 rings (SSSR count). The van der Waals surface area contributed by atoms with Gasteiger partial charge in [0.25, 0.3) is 0 Å². The van der Waals surface area contributed by atoms with E-state index in [1.54, 1.807) is 7.11 Å². The number of thioether (sulfide) groups is 1. The predicted octanol–water partition coefficient (Wildman–Crippen LogP) is 3.38. The fourth-order valence-electron chi connectivity index (χ4n) is 1.89. The molecule has 0 amide bonds. The summed E-state index contributed by atoms with van der Waals surface area (Å²) >= 11 is 1.92. The molecule has 1 aliphatic rings. The number of hydrogen-bond acceptors (Lipinski definition) is 3. The lowest BCUT2D eigenvalue weighted by atomic mass is 10.1. The highest BCUT2D eigenvalue weighted by Crippen LogP contribution is 2.23. The number of nitrogens with one attached hydrogen (secondary N) is 1. The zero-order chi connectivity index (χ0) is 12.8. The summed E-state index contributed by atoms with van der Waals surface area (Å²) in [5, 5.41) is 3.57. The van der Waals surface area contributed by atoms with Crippen molar-refractivity contribution < 1.29 is 4.74 Å². The first kappa shape index (κ1) is 13.9. The summed E-state index contributed by atoms with van der Waals surface area (Å²) in [7, 11) is 1.76. The third-order valence-electron chi connectivity index (χ3n) is 3.23. The normalized spacial score (nSPS) is 15.0. The van der Waals surface area contributed by atoms with E-state index in [0.29, 0.717) is 0 Å². The third-order valence-corrected chi connectivity index (χ3v) is 4.31. The number of aryl methyl sites for hydroxylation is 1. The molecule has 0 aromatic heterocycles. The molecule has 1 saturated carbocycles. The van der Waals surface area contributed by atoms with Gasteiger partial charge in [-0.1, -0.05) is 6.07 Å². The van der Waals surface area contributed by atoms with Crippen molar-refractivity contribution in [2.24, 2.45) is 0 Å². The van der Waals surface area contributed by atoms with Crippen molar-refractivity contribution in [2.45, 2.75) is 43.7 Å². The number of rotatable bonds is 8. The molecular formula is C15H23NOS. The van der Waals surface area contributed by atoms with Crippen LogP contribution in [0.2, 0.25) is 0 Å². The minimum atomic E-state index is 0.785. The Labute approximate surface area is 114 Å². The van der Waals surface area contributed by atoms with E-state index in [9.17, 15) is 0 Å². The van der Waals surface area contributed by atoms with Crippen LogP contribution >= 0.6 is 11.8 Å². The summed E-state index contributed by atoms with van der Waals surface area (Å²) in [6.45, 7) is 4.09. The standard InChI is InChI=1S/C15H23NOS/c1-12-10-15(18-9-3-8-17-2)7-4-13(12)11-16-14-5-6-14/h4,7,10,14,16H,3,5-6,8-9,11H2,1-2H3. The topological polar surface area (TPSA) is 21.3 Å². The van der Waals surface area contributed by atoms with Crippen LogP contribution in [0.4, 0.5) is 0 Å². The molecule has 0 unspecified atom stereocenters. The molecular weight excluding hydrogens is 242 g/mol. The van der Waals surface area contributed by atoms with Gasteiger partial charge in [-0.25, -0.2) is 0 Å². The van der Waals surface area contributed by atoms with Crippen molar-refractivity contribution in [2.75, 3.05) is 19.5 Å². The van der Waals surface area contributed by atoms with Crippen molar-refractivity contribution in [3.05, 3.63) is 29.3 Å². The van der Waals surface area contributed by atoms with Gasteiger partial charge in [0, 0.05) is 37.0 Å². The summed E-state index contributed by atoms with van der Waals surface area (Å²) < 4.78 is 5.06. The molecule has 0 aliphatic heterocycles. The molecule has 2 nitrogen and oxygen atoms in total. The molecule has 0 bridgehead atoms. The zero-order valence-corrected chi connectivity index (χ0v) is 12.2. The maximum Gasteiger partial charge on any atom is 0.0470 e. The van der Waals surface area contributed by atoms with Gasteiger partial charge < -0.3 is 10.1 Å². The van der Waals surface area contributed by atoms with Crippen LogP contribution < -0.4 is 5.32 Å². The Morgan fingerprint density at radius 1 is 1.39 bits per heavy atom. The van der Waals surface area contributed by atoms with E-state index >= 15 is 0 Å². The zero-order valence-electron chi connectivity index (χ0n) is 11.4. The lowest BCUT2D eigenvalue weighted by Crippen LogP contribution is -2.15. The van der Waals surface area contributed by atoms with E-state index in [1.165, 1.54) is 28.9 Å². The Hall–Kier alpha value is -0.510.